The number of anilines is 3. The molecule has 0 aliphatic carbocycles. The van der Waals surface area contributed by atoms with E-state index in [1.165, 1.54) is 16.1 Å². The van der Waals surface area contributed by atoms with Crippen molar-refractivity contribution in [2.45, 2.75) is 16.2 Å². The van der Waals surface area contributed by atoms with Crippen molar-refractivity contribution >= 4 is 34.8 Å². The highest BCUT2D eigenvalue weighted by Gasteiger charge is 2.26. The summed E-state index contributed by atoms with van der Waals surface area (Å²) in [6.45, 7) is 1.72. The quantitative estimate of drug-likeness (QED) is 0.397. The molecule has 0 bridgehead atoms. The Kier molecular flexibility index (Phi) is 4.42. The molecule has 0 fully saturated rings. The van der Waals surface area contributed by atoms with Crippen molar-refractivity contribution in [1.82, 2.24) is 0 Å². The molecule has 0 spiro atoms. The fourth-order valence-corrected chi connectivity index (χ4v) is 5.34. The van der Waals surface area contributed by atoms with Crippen LogP contribution in [-0.2, 0) is 4.79 Å². The van der Waals surface area contributed by atoms with Crippen LogP contribution in [0.25, 0.3) is 0 Å². The number of ether oxygens (including phenoxy) is 2. The minimum absolute atomic E-state index is 0.161. The van der Waals surface area contributed by atoms with Gasteiger partial charge in [-0.3, -0.25) is 0 Å². The summed E-state index contributed by atoms with van der Waals surface area (Å²) in [6, 6.07) is 20.7. The first-order valence-corrected chi connectivity index (χ1v) is 11.2. The van der Waals surface area contributed by atoms with Crippen molar-refractivity contribution in [2.24, 2.45) is 0 Å². The Labute approximate surface area is 184 Å². The van der Waals surface area contributed by atoms with E-state index in [9.17, 15) is 4.79 Å². The van der Waals surface area contributed by atoms with Crippen molar-refractivity contribution < 1.29 is 14.3 Å². The van der Waals surface area contributed by atoms with Gasteiger partial charge < -0.3 is 25.4 Å². The largest absolute Gasteiger partial charge is 0.482 e. The fraction of sp³-hybridized carbons (Fsp3) is 0.208. The van der Waals surface area contributed by atoms with Crippen LogP contribution in [0.1, 0.15) is 22.5 Å². The molecule has 3 aliphatic rings. The molecule has 3 aromatic carbocycles. The Balaban J connectivity index is 1.24. The summed E-state index contributed by atoms with van der Waals surface area (Å²) in [5.74, 6) is 1.13. The average molecular weight is 432 g/mol. The van der Waals surface area contributed by atoms with Crippen molar-refractivity contribution in [1.29, 1.82) is 0 Å². The number of para-hydroxylation sites is 1. The van der Waals surface area contributed by atoms with Gasteiger partial charge in [0.25, 0.3) is 0 Å². The molecule has 2 atom stereocenters. The van der Waals surface area contributed by atoms with Gasteiger partial charge in [-0.25, -0.2) is 4.79 Å². The van der Waals surface area contributed by atoms with Gasteiger partial charge in [-0.15, -0.1) is 11.8 Å². The molecule has 0 saturated heterocycles. The lowest BCUT2D eigenvalue weighted by Crippen LogP contribution is -2.26. The van der Waals surface area contributed by atoms with Gasteiger partial charge in [0.05, 0.1) is 23.2 Å². The predicted molar refractivity (Wildman–Crippen MR) is 122 cm³/mol. The molecule has 3 aromatic rings. The highest BCUT2D eigenvalue weighted by Crippen LogP contribution is 2.45. The normalized spacial score (nSPS) is 21.1. The Bertz CT molecular complexity index is 1180. The summed E-state index contributed by atoms with van der Waals surface area (Å²) in [4.78, 5) is 12.9. The zero-order valence-corrected chi connectivity index (χ0v) is 17.5. The van der Waals surface area contributed by atoms with Gasteiger partial charge in [-0.1, -0.05) is 24.3 Å². The van der Waals surface area contributed by atoms with E-state index in [4.69, 9.17) is 9.47 Å². The second-order valence-corrected chi connectivity index (χ2v) is 9.05. The van der Waals surface area contributed by atoms with Crippen LogP contribution in [0.5, 0.6) is 11.5 Å². The van der Waals surface area contributed by atoms with Gasteiger partial charge in [-0.2, -0.15) is 0 Å². The first-order valence-electron chi connectivity index (χ1n) is 10.4. The molecule has 7 heteroatoms. The van der Waals surface area contributed by atoms with Gasteiger partial charge in [0, 0.05) is 17.1 Å². The third-order valence-electron chi connectivity index (χ3n) is 5.78. The zero-order valence-electron chi connectivity index (χ0n) is 16.7. The number of esters is 1. The number of fused-ring (bicyclic) bond motifs is 3. The van der Waals surface area contributed by atoms with Crippen LogP contribution in [-0.4, -0.2) is 25.6 Å². The molecule has 2 unspecified atom stereocenters. The van der Waals surface area contributed by atoms with Crippen molar-refractivity contribution in [3.8, 4) is 11.5 Å². The van der Waals surface area contributed by atoms with Crippen LogP contribution in [0.4, 0.5) is 17.1 Å². The second kappa shape index (κ2) is 7.42. The number of hydrogen-bond acceptors (Lipinski definition) is 7. The lowest BCUT2D eigenvalue weighted by atomic mass is 10.0. The average Bonchev–Trinajstić information content (AvgIpc) is 2.82. The maximum absolute atomic E-state index is 11.6. The van der Waals surface area contributed by atoms with E-state index < -0.39 is 0 Å². The fourth-order valence-electron chi connectivity index (χ4n) is 4.16. The first-order chi connectivity index (χ1) is 15.2. The third-order valence-corrected chi connectivity index (χ3v) is 7.12. The van der Waals surface area contributed by atoms with E-state index in [2.05, 4.69) is 58.4 Å². The number of nitrogens with one attached hydrogen (secondary N) is 3. The highest BCUT2D eigenvalue weighted by molar-refractivity contribution is 7.99. The summed E-state index contributed by atoms with van der Waals surface area (Å²) in [5.41, 5.74) is 5.23. The Morgan fingerprint density at radius 2 is 1.58 bits per heavy atom. The van der Waals surface area contributed by atoms with Crippen molar-refractivity contribution in [3.63, 3.8) is 0 Å². The molecule has 31 heavy (non-hydrogen) atoms. The zero-order chi connectivity index (χ0) is 20.8. The smallest absolute Gasteiger partial charge is 0.330 e. The lowest BCUT2D eigenvalue weighted by molar-refractivity contribution is -0.132. The van der Waals surface area contributed by atoms with E-state index in [0.717, 1.165) is 29.2 Å². The third kappa shape index (κ3) is 3.45. The van der Waals surface area contributed by atoms with Crippen molar-refractivity contribution in [3.05, 3.63) is 71.8 Å². The van der Waals surface area contributed by atoms with E-state index in [-0.39, 0.29) is 18.6 Å². The Morgan fingerprint density at radius 3 is 2.52 bits per heavy atom. The van der Waals surface area contributed by atoms with Gasteiger partial charge in [0.1, 0.15) is 18.4 Å². The molecular weight excluding hydrogens is 410 g/mol. The molecule has 6 rings (SSSR count). The molecule has 0 amide bonds. The second-order valence-electron chi connectivity index (χ2n) is 7.81. The summed E-state index contributed by atoms with van der Waals surface area (Å²) in [7, 11) is 0. The van der Waals surface area contributed by atoms with E-state index >= 15 is 0 Å². The van der Waals surface area contributed by atoms with Gasteiger partial charge in [0.2, 0.25) is 0 Å². The maximum atomic E-state index is 11.6. The summed E-state index contributed by atoms with van der Waals surface area (Å²) < 4.78 is 11.8. The molecule has 3 N–H and O–H groups in total. The monoisotopic (exact) mass is 431 g/mol. The predicted octanol–water partition coefficient (Wildman–Crippen LogP) is 4.82. The first kappa shape index (κ1) is 18.4. The van der Waals surface area contributed by atoms with Gasteiger partial charge in [0.15, 0.2) is 5.75 Å². The van der Waals surface area contributed by atoms with Crippen LogP contribution >= 0.6 is 11.8 Å². The summed E-state index contributed by atoms with van der Waals surface area (Å²) >= 11 is 1.88. The summed E-state index contributed by atoms with van der Waals surface area (Å²) in [5, 5.41) is 10.4. The van der Waals surface area contributed by atoms with Crippen LogP contribution in [0.2, 0.25) is 0 Å². The SMILES string of the molecule is O=C1CNc2ccc(C3CNc4ccc(C5CNc6ccccc6S5)cc4O3)cc2O1. The molecule has 3 heterocycles. The topological polar surface area (TPSA) is 71.6 Å². The van der Waals surface area contributed by atoms with Crippen molar-refractivity contribution in [2.75, 3.05) is 35.6 Å². The molecule has 6 nitrogen and oxygen atoms in total. The molecule has 0 aromatic heterocycles. The number of rotatable bonds is 2. The minimum Gasteiger partial charge on any atom is -0.482 e. The van der Waals surface area contributed by atoms with E-state index in [1.54, 1.807) is 0 Å². The van der Waals surface area contributed by atoms with Crippen LogP contribution in [0.15, 0.2) is 65.6 Å². The number of carbonyl (C=O) groups excluding carboxylic acids is 1. The summed E-state index contributed by atoms with van der Waals surface area (Å²) in [6.07, 6.45) is -0.161. The molecular formula is C24H21N3O3S. The lowest BCUT2D eigenvalue weighted by Gasteiger charge is -2.30. The maximum Gasteiger partial charge on any atom is 0.330 e. The number of thioether (sulfide) groups is 1. The number of carbonyl (C=O) groups is 1. The van der Waals surface area contributed by atoms with E-state index in [0.29, 0.717) is 17.5 Å². The number of benzene rings is 3. The van der Waals surface area contributed by atoms with Crippen LogP contribution < -0.4 is 25.4 Å². The minimum atomic E-state index is -0.275. The number of hydrogen-bond donors (Lipinski definition) is 3. The molecule has 0 saturated carbocycles. The van der Waals surface area contributed by atoms with Gasteiger partial charge >= 0.3 is 5.97 Å². The molecule has 156 valence electrons. The van der Waals surface area contributed by atoms with Gasteiger partial charge in [-0.05, 0) is 47.5 Å². The van der Waals surface area contributed by atoms with Crippen LogP contribution in [0, 0.1) is 0 Å². The molecule has 0 radical (unpaired) electrons. The standard InChI is InChI=1S/C24H21N3O3S/c28-24-13-27-17-7-5-14(9-20(17)30-24)21-11-25-16-8-6-15(10-19(16)29-21)23-12-26-18-3-1-2-4-22(18)31-23/h1-10,21,23,25-27H,11-13H2. The van der Waals surface area contributed by atoms with Crippen LogP contribution in [0.3, 0.4) is 0 Å². The van der Waals surface area contributed by atoms with E-state index in [1.807, 2.05) is 30.0 Å². The Hall–Kier alpha value is -3.32. The molecule has 3 aliphatic heterocycles. The Morgan fingerprint density at radius 1 is 0.806 bits per heavy atom. The highest BCUT2D eigenvalue weighted by atomic mass is 32.2.